The number of carbonyl (C=O) groups is 2. The van der Waals surface area contributed by atoms with Crippen molar-refractivity contribution in [1.82, 2.24) is 14.5 Å². The van der Waals surface area contributed by atoms with Crippen molar-refractivity contribution in [3.05, 3.63) is 34.6 Å². The fourth-order valence-electron chi connectivity index (χ4n) is 4.54. The normalized spacial score (nSPS) is 25.2. The van der Waals surface area contributed by atoms with Gasteiger partial charge in [0, 0.05) is 31.2 Å². The Kier molecular flexibility index (Phi) is 5.76. The zero-order valence-corrected chi connectivity index (χ0v) is 17.8. The monoisotopic (exact) mass is 413 g/mol. The van der Waals surface area contributed by atoms with E-state index in [4.69, 9.17) is 4.98 Å². The van der Waals surface area contributed by atoms with Crippen LogP contribution >= 0.6 is 11.8 Å². The number of hydrogen-bond donors (Lipinski definition) is 0. The maximum absolute atomic E-state index is 13.4. The smallest absolute Gasteiger partial charge is 0.262 e. The highest BCUT2D eigenvalue weighted by Crippen LogP contribution is 2.38. The fraction of sp³-hybridized carbons (Fsp3) is 0.545. The van der Waals surface area contributed by atoms with Crippen LogP contribution in [-0.2, 0) is 9.59 Å². The second-order valence-corrected chi connectivity index (χ2v) is 9.27. The number of likely N-dealkylation sites (tertiary alicyclic amines) is 1. The lowest BCUT2D eigenvalue weighted by Crippen LogP contribution is -2.36. The molecule has 2 aliphatic rings. The van der Waals surface area contributed by atoms with E-state index in [9.17, 15) is 14.4 Å². The third kappa shape index (κ3) is 3.84. The molecular formula is C22H27N3O3S. The number of benzene rings is 1. The van der Waals surface area contributed by atoms with Gasteiger partial charge in [0.25, 0.3) is 5.56 Å². The molecule has 1 aromatic heterocycles. The van der Waals surface area contributed by atoms with Gasteiger partial charge in [0.1, 0.15) is 0 Å². The maximum atomic E-state index is 13.4. The Hall–Kier alpha value is -2.15. The highest BCUT2D eigenvalue weighted by molar-refractivity contribution is 7.99. The highest BCUT2D eigenvalue weighted by atomic mass is 32.2. The summed E-state index contributed by atoms with van der Waals surface area (Å²) in [5.74, 6) is 1.29. The molecule has 29 heavy (non-hydrogen) atoms. The molecule has 1 saturated heterocycles. The molecule has 6 nitrogen and oxygen atoms in total. The Morgan fingerprint density at radius 2 is 1.79 bits per heavy atom. The van der Waals surface area contributed by atoms with Crippen LogP contribution in [0.5, 0.6) is 0 Å². The summed E-state index contributed by atoms with van der Waals surface area (Å²) in [5, 5.41) is 1.34. The first-order valence-electron chi connectivity index (χ1n) is 10.4. The summed E-state index contributed by atoms with van der Waals surface area (Å²) in [6.07, 6.45) is 3.88. The SMILES string of the molecule is C[C@H]1[C@H](C)CCC[C@H]1n1c(SCCN2C(=O)CCC2=O)nc2ccccc2c1=O. The molecule has 2 aromatic rings. The van der Waals surface area contributed by atoms with Gasteiger partial charge in [-0.05, 0) is 30.4 Å². The van der Waals surface area contributed by atoms with Gasteiger partial charge in [-0.3, -0.25) is 23.9 Å². The average Bonchev–Trinajstić information content (AvgIpc) is 3.03. The number of rotatable bonds is 5. The lowest BCUT2D eigenvalue weighted by molar-refractivity contribution is -0.137. The largest absolute Gasteiger partial charge is 0.284 e. The van der Waals surface area contributed by atoms with E-state index in [1.165, 1.54) is 23.1 Å². The number of imide groups is 1. The average molecular weight is 414 g/mol. The van der Waals surface area contributed by atoms with Crippen molar-refractivity contribution in [3.8, 4) is 0 Å². The Balaban J connectivity index is 1.67. The summed E-state index contributed by atoms with van der Waals surface area (Å²) in [7, 11) is 0. The zero-order valence-electron chi connectivity index (χ0n) is 17.0. The van der Waals surface area contributed by atoms with Gasteiger partial charge in [-0.2, -0.15) is 0 Å². The molecule has 0 unspecified atom stereocenters. The highest BCUT2D eigenvalue weighted by Gasteiger charge is 2.32. The number of para-hydroxylation sites is 1. The summed E-state index contributed by atoms with van der Waals surface area (Å²) in [6.45, 7) is 4.85. The topological polar surface area (TPSA) is 72.3 Å². The van der Waals surface area contributed by atoms with Gasteiger partial charge in [-0.1, -0.05) is 50.6 Å². The zero-order chi connectivity index (χ0) is 20.5. The van der Waals surface area contributed by atoms with E-state index in [2.05, 4.69) is 13.8 Å². The molecule has 1 aromatic carbocycles. The molecule has 1 aliphatic carbocycles. The number of aromatic nitrogens is 2. The minimum absolute atomic E-state index is 0.0115. The first kappa shape index (κ1) is 20.1. The third-order valence-electron chi connectivity index (χ3n) is 6.47. The van der Waals surface area contributed by atoms with Crippen molar-refractivity contribution in [3.63, 3.8) is 0 Å². The molecule has 0 radical (unpaired) electrons. The molecule has 3 atom stereocenters. The summed E-state index contributed by atoms with van der Waals surface area (Å²) in [4.78, 5) is 43.3. The predicted molar refractivity (Wildman–Crippen MR) is 114 cm³/mol. The summed E-state index contributed by atoms with van der Waals surface area (Å²) in [5.41, 5.74) is 0.707. The van der Waals surface area contributed by atoms with Crippen molar-refractivity contribution in [2.24, 2.45) is 11.8 Å². The second-order valence-electron chi connectivity index (χ2n) is 8.21. The fourth-order valence-corrected chi connectivity index (χ4v) is 5.52. The van der Waals surface area contributed by atoms with Gasteiger partial charge in [0.2, 0.25) is 11.8 Å². The molecule has 154 valence electrons. The van der Waals surface area contributed by atoms with E-state index in [-0.39, 0.29) is 23.4 Å². The maximum Gasteiger partial charge on any atom is 0.262 e. The molecule has 1 saturated carbocycles. The van der Waals surface area contributed by atoms with Crippen LogP contribution in [-0.4, -0.2) is 38.6 Å². The Morgan fingerprint density at radius 3 is 2.55 bits per heavy atom. The van der Waals surface area contributed by atoms with Crippen LogP contribution in [0.2, 0.25) is 0 Å². The van der Waals surface area contributed by atoms with E-state index >= 15 is 0 Å². The molecule has 0 spiro atoms. The molecular weight excluding hydrogens is 386 g/mol. The molecule has 0 bridgehead atoms. The standard InChI is InChI=1S/C22H27N3O3S/c1-14-6-5-9-18(15(14)2)25-21(28)16-7-3-4-8-17(16)23-22(25)29-13-12-24-19(26)10-11-20(24)27/h3-4,7-8,14-15,18H,5-6,9-13H2,1-2H3/t14-,15+,18-/m1/s1. The van der Waals surface area contributed by atoms with Crippen LogP contribution in [0, 0.1) is 11.8 Å². The van der Waals surface area contributed by atoms with E-state index in [1.54, 1.807) is 0 Å². The predicted octanol–water partition coefficient (Wildman–Crippen LogP) is 3.63. The molecule has 1 aliphatic heterocycles. The minimum Gasteiger partial charge on any atom is -0.284 e. The molecule has 4 rings (SSSR count). The molecule has 0 N–H and O–H groups in total. The summed E-state index contributed by atoms with van der Waals surface area (Å²) < 4.78 is 1.89. The Labute approximate surface area is 174 Å². The summed E-state index contributed by atoms with van der Waals surface area (Å²) in [6, 6.07) is 7.60. The minimum atomic E-state index is -0.103. The molecule has 2 amide bonds. The van der Waals surface area contributed by atoms with Gasteiger partial charge >= 0.3 is 0 Å². The number of thioether (sulfide) groups is 1. The van der Waals surface area contributed by atoms with Crippen molar-refractivity contribution in [2.75, 3.05) is 12.3 Å². The van der Waals surface area contributed by atoms with Crippen molar-refractivity contribution in [1.29, 1.82) is 0 Å². The van der Waals surface area contributed by atoms with Crippen molar-refractivity contribution < 1.29 is 9.59 Å². The molecule has 2 fully saturated rings. The Morgan fingerprint density at radius 1 is 1.07 bits per heavy atom. The van der Waals surface area contributed by atoms with Crippen LogP contribution in [0.1, 0.15) is 52.0 Å². The van der Waals surface area contributed by atoms with Crippen LogP contribution in [0.4, 0.5) is 0 Å². The van der Waals surface area contributed by atoms with Crippen LogP contribution < -0.4 is 5.56 Å². The van der Waals surface area contributed by atoms with Crippen LogP contribution in [0.15, 0.2) is 34.2 Å². The van der Waals surface area contributed by atoms with Crippen LogP contribution in [0.3, 0.4) is 0 Å². The van der Waals surface area contributed by atoms with E-state index in [0.29, 0.717) is 53.0 Å². The molecule has 7 heteroatoms. The van der Waals surface area contributed by atoms with E-state index in [1.807, 2.05) is 28.8 Å². The first-order chi connectivity index (χ1) is 14.0. The lowest BCUT2D eigenvalue weighted by atomic mass is 9.78. The summed E-state index contributed by atoms with van der Waals surface area (Å²) >= 11 is 1.47. The number of carbonyl (C=O) groups excluding carboxylic acids is 2. The van der Waals surface area contributed by atoms with E-state index in [0.717, 1.165) is 12.8 Å². The Bertz CT molecular complexity index is 986. The second kappa shape index (κ2) is 8.30. The van der Waals surface area contributed by atoms with Gasteiger partial charge in [0.05, 0.1) is 10.9 Å². The van der Waals surface area contributed by atoms with Crippen molar-refractivity contribution in [2.45, 2.75) is 57.1 Å². The lowest BCUT2D eigenvalue weighted by Gasteiger charge is -2.36. The van der Waals surface area contributed by atoms with Crippen LogP contribution in [0.25, 0.3) is 10.9 Å². The van der Waals surface area contributed by atoms with Gasteiger partial charge < -0.3 is 0 Å². The molecule has 2 heterocycles. The quantitative estimate of drug-likeness (QED) is 0.425. The number of fused-ring (bicyclic) bond motifs is 1. The van der Waals surface area contributed by atoms with E-state index < -0.39 is 0 Å². The van der Waals surface area contributed by atoms with Crippen molar-refractivity contribution >= 4 is 34.5 Å². The number of nitrogens with zero attached hydrogens (tertiary/aromatic N) is 3. The number of hydrogen-bond acceptors (Lipinski definition) is 5. The van der Waals surface area contributed by atoms with Gasteiger partial charge in [-0.25, -0.2) is 4.98 Å². The number of amides is 2. The first-order valence-corrected chi connectivity index (χ1v) is 11.4. The third-order valence-corrected chi connectivity index (χ3v) is 7.40. The van der Waals surface area contributed by atoms with Gasteiger partial charge in [-0.15, -0.1) is 0 Å². The van der Waals surface area contributed by atoms with Gasteiger partial charge in [0.15, 0.2) is 5.16 Å².